The first-order valence-electron chi connectivity index (χ1n) is 11.3. The maximum atomic E-state index is 13.0. The molecule has 0 saturated carbocycles. The first-order chi connectivity index (χ1) is 17.2. The van der Waals surface area contributed by atoms with Crippen molar-refractivity contribution in [3.63, 3.8) is 0 Å². The minimum Gasteiger partial charge on any atom is -0.479 e. The van der Waals surface area contributed by atoms with E-state index >= 15 is 0 Å². The van der Waals surface area contributed by atoms with E-state index in [-0.39, 0.29) is 11.4 Å². The van der Waals surface area contributed by atoms with E-state index in [9.17, 15) is 9.59 Å². The highest BCUT2D eigenvalue weighted by atomic mass is 35.5. The molecule has 3 rings (SSSR count). The van der Waals surface area contributed by atoms with Crippen molar-refractivity contribution < 1.29 is 14.3 Å². The predicted molar refractivity (Wildman–Crippen MR) is 145 cm³/mol. The standard InChI is InChI=1S/C27H28Cl2N4O3/c1-18(36-25-14-11-21(28)16-23(25)29)26(34)31-24(15-19-7-5-4-6-8-19)27(35)32-30-17-20-9-12-22(13-10-20)33(2)3/h4-14,16-18,24H,15H2,1-3H3,(H,31,34)(H,32,35)/b30-17-/t18-,24+/m1/s1. The molecule has 188 valence electrons. The monoisotopic (exact) mass is 526 g/mol. The van der Waals surface area contributed by atoms with Crippen molar-refractivity contribution in [3.8, 4) is 5.75 Å². The van der Waals surface area contributed by atoms with Gasteiger partial charge in [-0.2, -0.15) is 5.10 Å². The van der Waals surface area contributed by atoms with Crippen molar-refractivity contribution >= 4 is 46.9 Å². The van der Waals surface area contributed by atoms with Crippen LogP contribution >= 0.6 is 23.2 Å². The fourth-order valence-corrected chi connectivity index (χ4v) is 3.72. The highest BCUT2D eigenvalue weighted by molar-refractivity contribution is 6.35. The van der Waals surface area contributed by atoms with Crippen LogP contribution < -0.4 is 20.4 Å². The van der Waals surface area contributed by atoms with Crippen molar-refractivity contribution in [3.05, 3.63) is 94.0 Å². The molecule has 0 aliphatic heterocycles. The summed E-state index contributed by atoms with van der Waals surface area (Å²) in [5, 5.41) is 7.57. The van der Waals surface area contributed by atoms with E-state index in [2.05, 4.69) is 15.8 Å². The lowest BCUT2D eigenvalue weighted by Crippen LogP contribution is -2.50. The van der Waals surface area contributed by atoms with Gasteiger partial charge in [-0.05, 0) is 48.4 Å². The fourth-order valence-electron chi connectivity index (χ4n) is 3.27. The molecule has 0 aliphatic rings. The average Bonchev–Trinajstić information content (AvgIpc) is 2.86. The Bertz CT molecular complexity index is 1200. The van der Waals surface area contributed by atoms with Crippen LogP contribution in [0.2, 0.25) is 10.0 Å². The Kier molecular flexibility index (Phi) is 9.73. The van der Waals surface area contributed by atoms with Gasteiger partial charge >= 0.3 is 0 Å². The van der Waals surface area contributed by atoms with Gasteiger partial charge in [0.15, 0.2) is 6.10 Å². The van der Waals surface area contributed by atoms with Gasteiger partial charge in [-0.1, -0.05) is 65.7 Å². The third kappa shape index (κ3) is 8.00. The lowest BCUT2D eigenvalue weighted by atomic mass is 10.1. The predicted octanol–water partition coefficient (Wildman–Crippen LogP) is 4.70. The van der Waals surface area contributed by atoms with Crippen molar-refractivity contribution in [1.29, 1.82) is 0 Å². The normalized spacial score (nSPS) is 12.6. The van der Waals surface area contributed by atoms with Gasteiger partial charge in [0.1, 0.15) is 11.8 Å². The van der Waals surface area contributed by atoms with Crippen molar-refractivity contribution in [2.24, 2.45) is 5.10 Å². The summed E-state index contributed by atoms with van der Waals surface area (Å²) in [6.07, 6.45) is 0.917. The van der Waals surface area contributed by atoms with Gasteiger partial charge in [0.2, 0.25) is 0 Å². The number of amides is 2. The molecule has 2 amide bonds. The molecule has 3 aromatic carbocycles. The molecule has 0 radical (unpaired) electrons. The summed E-state index contributed by atoms with van der Waals surface area (Å²) in [6, 6.07) is 21.0. The largest absolute Gasteiger partial charge is 0.479 e. The summed E-state index contributed by atoms with van der Waals surface area (Å²) in [5.41, 5.74) is 5.29. The Morgan fingerprint density at radius 3 is 2.33 bits per heavy atom. The summed E-state index contributed by atoms with van der Waals surface area (Å²) in [6.45, 7) is 1.58. The van der Waals surface area contributed by atoms with Gasteiger partial charge in [0, 0.05) is 31.2 Å². The van der Waals surface area contributed by atoms with Crippen LogP contribution in [0.25, 0.3) is 0 Å². The third-order valence-corrected chi connectivity index (χ3v) is 5.81. The van der Waals surface area contributed by atoms with E-state index in [4.69, 9.17) is 27.9 Å². The zero-order valence-corrected chi connectivity index (χ0v) is 21.8. The molecule has 2 atom stereocenters. The zero-order chi connectivity index (χ0) is 26.1. The molecule has 0 bridgehead atoms. The van der Waals surface area contributed by atoms with Crippen LogP contribution in [0.1, 0.15) is 18.1 Å². The van der Waals surface area contributed by atoms with Gasteiger partial charge in [-0.25, -0.2) is 5.43 Å². The molecule has 0 saturated heterocycles. The fraction of sp³-hybridized carbons (Fsp3) is 0.222. The Hall–Kier alpha value is -3.55. The highest BCUT2D eigenvalue weighted by Gasteiger charge is 2.25. The van der Waals surface area contributed by atoms with Crippen LogP contribution in [-0.4, -0.2) is 44.3 Å². The lowest BCUT2D eigenvalue weighted by molar-refractivity contribution is -0.132. The molecule has 0 aromatic heterocycles. The van der Waals surface area contributed by atoms with Crippen molar-refractivity contribution in [2.75, 3.05) is 19.0 Å². The summed E-state index contributed by atoms with van der Waals surface area (Å²) < 4.78 is 5.69. The van der Waals surface area contributed by atoms with Crippen molar-refractivity contribution in [1.82, 2.24) is 10.7 Å². The smallest absolute Gasteiger partial charge is 0.262 e. The molecular formula is C27H28Cl2N4O3. The molecule has 3 aromatic rings. The number of hydrogen-bond donors (Lipinski definition) is 2. The molecule has 9 heteroatoms. The maximum Gasteiger partial charge on any atom is 0.262 e. The average molecular weight is 527 g/mol. The number of hydrogen-bond acceptors (Lipinski definition) is 5. The molecule has 7 nitrogen and oxygen atoms in total. The minimum atomic E-state index is -0.909. The van der Waals surface area contributed by atoms with Crippen LogP contribution in [0.3, 0.4) is 0 Å². The van der Waals surface area contributed by atoms with E-state index in [0.29, 0.717) is 10.8 Å². The van der Waals surface area contributed by atoms with Crippen LogP contribution in [0, 0.1) is 0 Å². The van der Waals surface area contributed by atoms with Crippen molar-refractivity contribution in [2.45, 2.75) is 25.5 Å². The number of rotatable bonds is 10. The van der Waals surface area contributed by atoms with E-state index in [1.165, 1.54) is 6.07 Å². The molecule has 0 unspecified atom stereocenters. The Balaban J connectivity index is 1.67. The molecule has 0 fully saturated rings. The van der Waals surface area contributed by atoms with E-state index < -0.39 is 24.0 Å². The van der Waals surface area contributed by atoms with Crippen LogP contribution in [0.5, 0.6) is 5.75 Å². The van der Waals surface area contributed by atoms with Crippen LogP contribution in [0.15, 0.2) is 77.9 Å². The third-order valence-electron chi connectivity index (χ3n) is 5.28. The summed E-state index contributed by atoms with van der Waals surface area (Å²) in [4.78, 5) is 27.8. The van der Waals surface area contributed by atoms with E-state index in [1.54, 1.807) is 25.3 Å². The molecular weight excluding hydrogens is 499 g/mol. The van der Waals surface area contributed by atoms with Crippen LogP contribution in [-0.2, 0) is 16.0 Å². The van der Waals surface area contributed by atoms with Gasteiger partial charge in [0.25, 0.3) is 11.8 Å². The van der Waals surface area contributed by atoms with Gasteiger partial charge in [0.05, 0.1) is 11.2 Å². The number of hydrazone groups is 1. The molecule has 2 N–H and O–H groups in total. The first kappa shape index (κ1) is 27.0. The number of carbonyl (C=O) groups excluding carboxylic acids is 2. The van der Waals surface area contributed by atoms with Crippen LogP contribution in [0.4, 0.5) is 5.69 Å². The summed E-state index contributed by atoms with van der Waals surface area (Å²) in [7, 11) is 3.92. The Labute approximate surface area is 221 Å². The minimum absolute atomic E-state index is 0.278. The van der Waals surface area contributed by atoms with E-state index in [1.807, 2.05) is 73.6 Å². The number of carbonyl (C=O) groups is 2. The summed E-state index contributed by atoms with van der Waals surface area (Å²) in [5.74, 6) is -0.608. The molecule has 0 aliphatic carbocycles. The summed E-state index contributed by atoms with van der Waals surface area (Å²) >= 11 is 12.1. The molecule has 0 spiro atoms. The lowest BCUT2D eigenvalue weighted by Gasteiger charge is -2.21. The second-order valence-corrected chi connectivity index (χ2v) is 9.15. The van der Waals surface area contributed by atoms with Gasteiger partial charge in [-0.3, -0.25) is 9.59 Å². The number of benzene rings is 3. The zero-order valence-electron chi connectivity index (χ0n) is 20.2. The number of nitrogens with one attached hydrogen (secondary N) is 2. The quantitative estimate of drug-likeness (QED) is 0.296. The number of halogens is 2. The Morgan fingerprint density at radius 1 is 1.00 bits per heavy atom. The second kappa shape index (κ2) is 13.0. The number of anilines is 1. The topological polar surface area (TPSA) is 83.0 Å². The second-order valence-electron chi connectivity index (χ2n) is 8.31. The molecule has 0 heterocycles. The molecule has 36 heavy (non-hydrogen) atoms. The first-order valence-corrected chi connectivity index (χ1v) is 12.0. The van der Waals surface area contributed by atoms with Gasteiger partial charge in [-0.15, -0.1) is 0 Å². The van der Waals surface area contributed by atoms with Gasteiger partial charge < -0.3 is 15.0 Å². The highest BCUT2D eigenvalue weighted by Crippen LogP contribution is 2.28. The maximum absolute atomic E-state index is 13.0. The number of ether oxygens (including phenoxy) is 1. The Morgan fingerprint density at radius 2 is 1.69 bits per heavy atom. The number of nitrogens with zero attached hydrogens (tertiary/aromatic N) is 2. The van der Waals surface area contributed by atoms with E-state index in [0.717, 1.165) is 16.8 Å². The SMILES string of the molecule is C[C@@H](Oc1ccc(Cl)cc1Cl)C(=O)N[C@@H](Cc1ccccc1)C(=O)N/N=C\c1ccc(N(C)C)cc1.